The van der Waals surface area contributed by atoms with Gasteiger partial charge < -0.3 is 10.6 Å². The lowest BCUT2D eigenvalue weighted by atomic mass is 10.1. The van der Waals surface area contributed by atoms with Gasteiger partial charge in [0.2, 0.25) is 0 Å². The fourth-order valence-electron chi connectivity index (χ4n) is 2.87. The Labute approximate surface area is 115 Å². The second kappa shape index (κ2) is 5.59. The summed E-state index contributed by atoms with van der Waals surface area (Å²) in [6.45, 7) is 7.23. The summed E-state index contributed by atoms with van der Waals surface area (Å²) in [5.41, 5.74) is 7.39. The number of amides is 1. The van der Waals surface area contributed by atoms with Gasteiger partial charge >= 0.3 is 0 Å². The number of carbonyl (C=O) groups is 1. The predicted molar refractivity (Wildman–Crippen MR) is 76.9 cm³/mol. The van der Waals surface area contributed by atoms with Gasteiger partial charge in [-0.2, -0.15) is 0 Å². The third kappa shape index (κ3) is 3.06. The quantitative estimate of drug-likeness (QED) is 0.909. The molecule has 0 bridgehead atoms. The molecule has 2 unspecified atom stereocenters. The van der Waals surface area contributed by atoms with Gasteiger partial charge in [-0.25, -0.2) is 4.98 Å². The number of carbonyl (C=O) groups excluding carboxylic acids is 1. The highest BCUT2D eigenvalue weighted by molar-refractivity contribution is 5.95. The van der Waals surface area contributed by atoms with E-state index >= 15 is 0 Å². The van der Waals surface area contributed by atoms with Crippen molar-refractivity contribution in [2.45, 2.75) is 46.1 Å². The molecule has 19 heavy (non-hydrogen) atoms. The molecular weight excluding hydrogens is 238 g/mol. The molecule has 0 aromatic carbocycles. The molecular formula is C15H23N3O. The second-order valence-corrected chi connectivity index (χ2v) is 5.67. The zero-order chi connectivity index (χ0) is 14.0. The molecule has 1 aromatic heterocycles. The molecule has 1 aromatic rings. The average Bonchev–Trinajstić information content (AvgIpc) is 2.67. The first-order valence-electron chi connectivity index (χ1n) is 7.08. The molecule has 0 saturated carbocycles. The van der Waals surface area contributed by atoms with Crippen LogP contribution in [0.4, 0.5) is 5.82 Å². The summed E-state index contributed by atoms with van der Waals surface area (Å²) in [5.74, 6) is 1.10. The van der Waals surface area contributed by atoms with Crippen LogP contribution in [-0.2, 0) is 6.42 Å². The van der Waals surface area contributed by atoms with Crippen molar-refractivity contribution in [3.8, 4) is 0 Å². The topological polar surface area (TPSA) is 59.2 Å². The van der Waals surface area contributed by atoms with Gasteiger partial charge in [0.25, 0.3) is 5.91 Å². The van der Waals surface area contributed by atoms with Crippen molar-refractivity contribution in [1.29, 1.82) is 0 Å². The highest BCUT2D eigenvalue weighted by Gasteiger charge is 2.30. The first-order valence-corrected chi connectivity index (χ1v) is 7.08. The lowest BCUT2D eigenvalue weighted by Gasteiger charge is -2.22. The van der Waals surface area contributed by atoms with E-state index < -0.39 is 0 Å². The number of aryl methyl sites for hydroxylation is 1. The van der Waals surface area contributed by atoms with Crippen molar-refractivity contribution in [1.82, 2.24) is 9.88 Å². The van der Waals surface area contributed by atoms with E-state index in [4.69, 9.17) is 5.73 Å². The van der Waals surface area contributed by atoms with E-state index in [9.17, 15) is 4.79 Å². The van der Waals surface area contributed by atoms with Crippen LogP contribution >= 0.6 is 0 Å². The molecule has 1 fully saturated rings. The maximum Gasteiger partial charge on any atom is 0.254 e. The van der Waals surface area contributed by atoms with Gasteiger partial charge in [0.1, 0.15) is 5.82 Å². The molecule has 0 aliphatic carbocycles. The standard InChI is InChI=1S/C15H23N3O/c1-4-5-13-7-12(8-14(16)17-13)15(19)18-9-10(2)6-11(18)3/h7-8,10-11H,4-6,9H2,1-3H3,(H2,16,17). The zero-order valence-electron chi connectivity index (χ0n) is 12.0. The Balaban J connectivity index is 2.23. The van der Waals surface area contributed by atoms with Gasteiger partial charge in [-0.1, -0.05) is 20.3 Å². The van der Waals surface area contributed by atoms with Crippen LogP contribution in [0.15, 0.2) is 12.1 Å². The van der Waals surface area contributed by atoms with Crippen LogP contribution in [0.3, 0.4) is 0 Å². The number of hydrogen-bond donors (Lipinski definition) is 1. The molecule has 2 heterocycles. The molecule has 104 valence electrons. The molecule has 0 spiro atoms. The van der Waals surface area contributed by atoms with Crippen molar-refractivity contribution >= 4 is 11.7 Å². The normalized spacial score (nSPS) is 22.8. The average molecular weight is 261 g/mol. The number of aromatic nitrogens is 1. The predicted octanol–water partition coefficient (Wildman–Crippen LogP) is 2.49. The molecule has 1 aliphatic heterocycles. The van der Waals surface area contributed by atoms with Gasteiger partial charge in [0.15, 0.2) is 0 Å². The van der Waals surface area contributed by atoms with Crippen molar-refractivity contribution in [2.24, 2.45) is 5.92 Å². The zero-order valence-corrected chi connectivity index (χ0v) is 12.0. The minimum absolute atomic E-state index is 0.0864. The first kappa shape index (κ1) is 13.8. The smallest absolute Gasteiger partial charge is 0.254 e. The number of nitrogen functional groups attached to an aromatic ring is 1. The fourth-order valence-corrected chi connectivity index (χ4v) is 2.87. The number of pyridine rings is 1. The summed E-state index contributed by atoms with van der Waals surface area (Å²) in [5, 5.41) is 0. The first-order chi connectivity index (χ1) is 9.01. The Morgan fingerprint density at radius 2 is 2.21 bits per heavy atom. The van der Waals surface area contributed by atoms with E-state index in [1.165, 1.54) is 0 Å². The van der Waals surface area contributed by atoms with Gasteiger partial charge in [-0.05, 0) is 37.8 Å². The molecule has 0 radical (unpaired) electrons. The summed E-state index contributed by atoms with van der Waals surface area (Å²) < 4.78 is 0. The van der Waals surface area contributed by atoms with Crippen LogP contribution in [0.25, 0.3) is 0 Å². The third-order valence-electron chi connectivity index (χ3n) is 3.70. The number of nitrogens with two attached hydrogens (primary N) is 1. The third-order valence-corrected chi connectivity index (χ3v) is 3.70. The monoisotopic (exact) mass is 261 g/mol. The van der Waals surface area contributed by atoms with Gasteiger partial charge in [-0.15, -0.1) is 0 Å². The highest BCUT2D eigenvalue weighted by atomic mass is 16.2. The number of nitrogens with zero attached hydrogens (tertiary/aromatic N) is 2. The van der Waals surface area contributed by atoms with Crippen LogP contribution in [0.1, 0.15) is 49.7 Å². The number of anilines is 1. The van der Waals surface area contributed by atoms with E-state index in [-0.39, 0.29) is 5.91 Å². The summed E-state index contributed by atoms with van der Waals surface area (Å²) in [6, 6.07) is 3.89. The Hall–Kier alpha value is -1.58. The van der Waals surface area contributed by atoms with E-state index in [1.54, 1.807) is 6.07 Å². The van der Waals surface area contributed by atoms with Crippen molar-refractivity contribution in [2.75, 3.05) is 12.3 Å². The number of hydrogen-bond acceptors (Lipinski definition) is 3. The Morgan fingerprint density at radius 1 is 1.47 bits per heavy atom. The van der Waals surface area contributed by atoms with E-state index in [2.05, 4.69) is 25.8 Å². The van der Waals surface area contributed by atoms with Crippen LogP contribution in [0, 0.1) is 5.92 Å². The molecule has 4 nitrogen and oxygen atoms in total. The highest BCUT2D eigenvalue weighted by Crippen LogP contribution is 2.24. The van der Waals surface area contributed by atoms with Crippen molar-refractivity contribution in [3.63, 3.8) is 0 Å². The molecule has 1 aliphatic rings. The van der Waals surface area contributed by atoms with E-state index in [0.29, 0.717) is 23.3 Å². The van der Waals surface area contributed by atoms with Gasteiger partial charge in [-0.3, -0.25) is 4.79 Å². The molecule has 2 atom stereocenters. The SMILES string of the molecule is CCCc1cc(C(=O)N2CC(C)CC2C)cc(N)n1. The van der Waals surface area contributed by atoms with Gasteiger partial charge in [0.05, 0.1) is 0 Å². The Kier molecular flexibility index (Phi) is 4.08. The summed E-state index contributed by atoms with van der Waals surface area (Å²) in [7, 11) is 0. The minimum Gasteiger partial charge on any atom is -0.384 e. The molecule has 1 amide bonds. The summed E-state index contributed by atoms with van der Waals surface area (Å²) >= 11 is 0. The largest absolute Gasteiger partial charge is 0.384 e. The Bertz CT molecular complexity index is 472. The number of likely N-dealkylation sites (tertiary alicyclic amines) is 1. The van der Waals surface area contributed by atoms with Crippen LogP contribution in [-0.4, -0.2) is 28.4 Å². The van der Waals surface area contributed by atoms with Crippen LogP contribution in [0.2, 0.25) is 0 Å². The maximum atomic E-state index is 12.6. The molecule has 2 N–H and O–H groups in total. The molecule has 1 saturated heterocycles. The maximum absolute atomic E-state index is 12.6. The lowest BCUT2D eigenvalue weighted by Crippen LogP contribution is -2.34. The fraction of sp³-hybridized carbons (Fsp3) is 0.600. The van der Waals surface area contributed by atoms with Crippen molar-refractivity contribution in [3.05, 3.63) is 23.4 Å². The van der Waals surface area contributed by atoms with Crippen molar-refractivity contribution < 1.29 is 4.79 Å². The summed E-state index contributed by atoms with van der Waals surface area (Å²) in [6.07, 6.45) is 2.94. The van der Waals surface area contributed by atoms with E-state index in [1.807, 2.05) is 11.0 Å². The molecule has 4 heteroatoms. The molecule has 2 rings (SSSR count). The second-order valence-electron chi connectivity index (χ2n) is 5.67. The van der Waals surface area contributed by atoms with Gasteiger partial charge in [0, 0.05) is 23.8 Å². The minimum atomic E-state index is 0.0864. The Morgan fingerprint density at radius 3 is 2.79 bits per heavy atom. The lowest BCUT2D eigenvalue weighted by molar-refractivity contribution is 0.0743. The van der Waals surface area contributed by atoms with E-state index in [0.717, 1.165) is 31.5 Å². The number of rotatable bonds is 3. The van der Waals surface area contributed by atoms with Crippen LogP contribution < -0.4 is 5.73 Å². The van der Waals surface area contributed by atoms with Crippen LogP contribution in [0.5, 0.6) is 0 Å². The summed E-state index contributed by atoms with van der Waals surface area (Å²) in [4.78, 5) is 18.8.